The van der Waals surface area contributed by atoms with Gasteiger partial charge < -0.3 is 8.83 Å². The maximum Gasteiger partial charge on any atom is 0.144 e. The maximum absolute atomic E-state index is 7.60. The van der Waals surface area contributed by atoms with Gasteiger partial charge in [-0.1, -0.05) is 275 Å². The van der Waals surface area contributed by atoms with Crippen LogP contribution in [0, 0.1) is 0 Å². The molecule has 2 nitrogen and oxygen atoms in total. The van der Waals surface area contributed by atoms with Crippen molar-refractivity contribution in [3.8, 4) is 89.4 Å². The van der Waals surface area contributed by atoms with Crippen molar-refractivity contribution in [2.75, 3.05) is 0 Å². The molecule has 14 aromatic rings. The van der Waals surface area contributed by atoms with Gasteiger partial charge in [0.25, 0.3) is 0 Å². The van der Waals surface area contributed by atoms with Crippen molar-refractivity contribution >= 4 is 54.3 Å². The first-order valence-electron chi connectivity index (χ1n) is 27.6. The number of fused-ring (bicyclic) bond motifs is 7. The molecule has 0 atom stereocenters. The SMILES string of the molecule is CCCCCCc1ccc(-c2c(-c3ccccc3)oc3c2cc(-c2ccc(-c4cccc5ccccc45)cc2)c2c4oc(-c5ccccc5)c(-c5ccccc5)c4cc(-c4ccc(-c5cccc6ccccc56)cc4)c32)cc1. The fraction of sp³-hybridized carbons (Fsp3) is 0.0789. The van der Waals surface area contributed by atoms with Crippen molar-refractivity contribution in [1.82, 2.24) is 0 Å². The fourth-order valence-corrected chi connectivity index (χ4v) is 12.1. The second kappa shape index (κ2) is 20.2. The average Bonchev–Trinajstić information content (AvgIpc) is 4.26. The summed E-state index contributed by atoms with van der Waals surface area (Å²) in [4.78, 5) is 0. The summed E-state index contributed by atoms with van der Waals surface area (Å²) < 4.78 is 15.1. The predicted molar refractivity (Wildman–Crippen MR) is 330 cm³/mol. The lowest BCUT2D eigenvalue weighted by atomic mass is 9.86. The summed E-state index contributed by atoms with van der Waals surface area (Å²) in [6, 6.07) is 94.9. The van der Waals surface area contributed by atoms with E-state index in [4.69, 9.17) is 8.83 Å². The summed E-state index contributed by atoms with van der Waals surface area (Å²) in [7, 11) is 0. The molecule has 2 heterocycles. The fourth-order valence-electron chi connectivity index (χ4n) is 12.1. The van der Waals surface area contributed by atoms with Gasteiger partial charge in [0, 0.05) is 43.8 Å². The van der Waals surface area contributed by atoms with Gasteiger partial charge in [0.1, 0.15) is 22.7 Å². The van der Waals surface area contributed by atoms with E-state index in [0.29, 0.717) is 0 Å². The van der Waals surface area contributed by atoms with Crippen molar-refractivity contribution in [3.63, 3.8) is 0 Å². The molecule has 0 aliphatic rings. The Balaban J connectivity index is 1.10. The summed E-state index contributed by atoms with van der Waals surface area (Å²) in [5.74, 6) is 1.68. The third kappa shape index (κ3) is 8.38. The molecule has 2 heteroatoms. The molecular formula is C76H56O2. The molecule has 0 amide bonds. The van der Waals surface area contributed by atoms with Crippen LogP contribution in [0.25, 0.3) is 144 Å². The minimum Gasteiger partial charge on any atom is -0.455 e. The van der Waals surface area contributed by atoms with Crippen LogP contribution in [0.5, 0.6) is 0 Å². The van der Waals surface area contributed by atoms with Gasteiger partial charge >= 0.3 is 0 Å². The highest BCUT2D eigenvalue weighted by Crippen LogP contribution is 2.53. The molecule has 12 aromatic carbocycles. The number of unbranched alkanes of at least 4 members (excludes halogenated alkanes) is 3. The smallest absolute Gasteiger partial charge is 0.144 e. The Morgan fingerprint density at radius 3 is 1.10 bits per heavy atom. The molecule has 0 unspecified atom stereocenters. The monoisotopic (exact) mass is 1000 g/mol. The topological polar surface area (TPSA) is 26.3 Å². The van der Waals surface area contributed by atoms with Crippen LogP contribution in [-0.2, 0) is 6.42 Å². The zero-order valence-electron chi connectivity index (χ0n) is 43.7. The largest absolute Gasteiger partial charge is 0.455 e. The second-order valence-electron chi connectivity index (χ2n) is 20.8. The summed E-state index contributed by atoms with van der Waals surface area (Å²) in [6.07, 6.45) is 6.00. The van der Waals surface area contributed by atoms with Crippen molar-refractivity contribution in [2.45, 2.75) is 39.0 Å². The van der Waals surface area contributed by atoms with Crippen LogP contribution in [0.2, 0.25) is 0 Å². The Morgan fingerprint density at radius 1 is 0.282 bits per heavy atom. The molecule has 0 N–H and O–H groups in total. The summed E-state index contributed by atoms with van der Waals surface area (Å²) in [5.41, 5.74) is 18.5. The molecule has 2 aromatic heterocycles. The van der Waals surface area contributed by atoms with Crippen molar-refractivity contribution in [2.24, 2.45) is 0 Å². The van der Waals surface area contributed by atoms with Crippen LogP contribution in [0.4, 0.5) is 0 Å². The zero-order chi connectivity index (χ0) is 51.9. The highest BCUT2D eigenvalue weighted by atomic mass is 16.3. The third-order valence-corrected chi connectivity index (χ3v) is 16.0. The van der Waals surface area contributed by atoms with Gasteiger partial charge in [-0.3, -0.25) is 0 Å². The van der Waals surface area contributed by atoms with Gasteiger partial charge in [-0.15, -0.1) is 0 Å². The number of aryl methyl sites for hydroxylation is 1. The highest BCUT2D eigenvalue weighted by molar-refractivity contribution is 6.29. The lowest BCUT2D eigenvalue weighted by Crippen LogP contribution is -1.91. The van der Waals surface area contributed by atoms with Crippen molar-refractivity contribution in [3.05, 3.63) is 266 Å². The van der Waals surface area contributed by atoms with E-state index in [1.54, 1.807) is 0 Å². The van der Waals surface area contributed by atoms with E-state index >= 15 is 0 Å². The quantitative estimate of drug-likeness (QED) is 0.108. The van der Waals surface area contributed by atoms with Gasteiger partial charge in [-0.25, -0.2) is 0 Å². The first-order chi connectivity index (χ1) is 38.7. The molecule has 0 fully saturated rings. The lowest BCUT2D eigenvalue weighted by molar-refractivity contribution is 0.633. The molecule has 0 aliphatic heterocycles. The maximum atomic E-state index is 7.60. The number of benzene rings is 12. The number of hydrogen-bond donors (Lipinski definition) is 0. The van der Waals surface area contributed by atoms with E-state index in [9.17, 15) is 0 Å². The lowest BCUT2D eigenvalue weighted by Gasteiger charge is -2.16. The summed E-state index contributed by atoms with van der Waals surface area (Å²) >= 11 is 0. The Bertz CT molecular complexity index is 4460. The van der Waals surface area contributed by atoms with E-state index < -0.39 is 0 Å². The molecule has 78 heavy (non-hydrogen) atoms. The van der Waals surface area contributed by atoms with Crippen molar-refractivity contribution in [1.29, 1.82) is 0 Å². The number of hydrogen-bond acceptors (Lipinski definition) is 2. The van der Waals surface area contributed by atoms with E-state index in [1.807, 2.05) is 0 Å². The summed E-state index contributed by atoms with van der Waals surface area (Å²) in [5, 5.41) is 9.03. The number of furan rings is 2. The minimum absolute atomic E-state index is 0.820. The molecular weight excluding hydrogens is 945 g/mol. The van der Waals surface area contributed by atoms with E-state index in [1.165, 1.54) is 69.5 Å². The second-order valence-corrected chi connectivity index (χ2v) is 20.8. The third-order valence-electron chi connectivity index (χ3n) is 16.0. The molecule has 0 saturated carbocycles. The van der Waals surface area contributed by atoms with Crippen molar-refractivity contribution < 1.29 is 8.83 Å². The van der Waals surface area contributed by atoms with E-state index in [2.05, 4.69) is 268 Å². The number of rotatable bonds is 13. The van der Waals surface area contributed by atoms with Gasteiger partial charge in [-0.05, 0) is 108 Å². The molecule has 0 spiro atoms. The van der Waals surface area contributed by atoms with Gasteiger partial charge in [0.2, 0.25) is 0 Å². The normalized spacial score (nSPS) is 11.7. The molecule has 0 aliphatic carbocycles. The Hall–Kier alpha value is -9.50. The van der Waals surface area contributed by atoms with Crippen LogP contribution in [0.1, 0.15) is 38.2 Å². The van der Waals surface area contributed by atoms with Crippen LogP contribution >= 0.6 is 0 Å². The predicted octanol–water partition coefficient (Wildman–Crippen LogP) is 22.1. The molecule has 0 saturated heterocycles. The molecule has 14 rings (SSSR count). The molecule has 0 bridgehead atoms. The first-order valence-corrected chi connectivity index (χ1v) is 27.6. The van der Waals surface area contributed by atoms with E-state index in [-0.39, 0.29) is 0 Å². The standard InChI is InChI=1S/C76H56O2/c1-2-3-4-8-21-50-36-38-58(39-37-50)70-68-49-66(56-46-42-54(43-47-56)64-35-20-31-52-23-16-18-33-62(52)64)71-72(76(68)78-74(70)60-28-13-7-14-29-60)65(55-44-40-53(41-45-55)63-34-19-30-51-22-15-17-32-61(51)63)48-67-69(57-24-9-5-10-25-57)73(77-75(67)71)59-26-11-6-12-27-59/h5-7,9-20,22-49H,2-4,8,21H2,1H3. The molecule has 372 valence electrons. The Morgan fingerprint density at radius 2 is 0.654 bits per heavy atom. The Labute approximate surface area is 455 Å². The average molecular weight is 1000 g/mol. The molecule has 0 radical (unpaired) electrons. The van der Waals surface area contributed by atoms with Crippen LogP contribution in [0.15, 0.2) is 270 Å². The van der Waals surface area contributed by atoms with Gasteiger partial charge in [0.05, 0.1) is 0 Å². The van der Waals surface area contributed by atoms with Crippen LogP contribution < -0.4 is 0 Å². The van der Waals surface area contributed by atoms with Gasteiger partial charge in [0.15, 0.2) is 0 Å². The summed E-state index contributed by atoms with van der Waals surface area (Å²) in [6.45, 7) is 2.28. The highest BCUT2D eigenvalue weighted by Gasteiger charge is 2.29. The first kappa shape index (κ1) is 47.0. The van der Waals surface area contributed by atoms with Crippen LogP contribution in [0.3, 0.4) is 0 Å². The van der Waals surface area contributed by atoms with Gasteiger partial charge in [-0.2, -0.15) is 0 Å². The Kier molecular flexibility index (Phi) is 12.2. The minimum atomic E-state index is 0.820. The zero-order valence-corrected chi connectivity index (χ0v) is 43.7. The van der Waals surface area contributed by atoms with Crippen LogP contribution in [-0.4, -0.2) is 0 Å². The van der Waals surface area contributed by atoms with E-state index in [0.717, 1.165) is 112 Å².